The van der Waals surface area contributed by atoms with Gasteiger partial charge in [0.15, 0.2) is 0 Å². The Labute approximate surface area is 192 Å². The van der Waals surface area contributed by atoms with Crippen LogP contribution in [0.1, 0.15) is 68.2 Å². The number of anilines is 1. The highest BCUT2D eigenvalue weighted by atomic mass is 15.2. The highest BCUT2D eigenvalue weighted by Gasteiger charge is 2.27. The Morgan fingerprint density at radius 1 is 1.16 bits per heavy atom. The van der Waals surface area contributed by atoms with E-state index in [0.717, 1.165) is 48.5 Å². The number of piperidine rings is 1. The summed E-state index contributed by atoms with van der Waals surface area (Å²) in [5, 5.41) is 13.0. The first-order valence-corrected chi connectivity index (χ1v) is 12.0. The molecule has 1 atom stereocenters. The Morgan fingerprint density at radius 3 is 2.62 bits per heavy atom. The van der Waals surface area contributed by atoms with Crippen molar-refractivity contribution in [3.63, 3.8) is 0 Å². The monoisotopic (exact) mass is 429 g/mol. The second kappa shape index (κ2) is 10.2. The Hall–Kier alpha value is -2.84. The normalized spacial score (nSPS) is 16.2. The van der Waals surface area contributed by atoms with Gasteiger partial charge in [0.2, 0.25) is 5.95 Å². The van der Waals surface area contributed by atoms with E-state index in [1.54, 1.807) is 0 Å². The quantitative estimate of drug-likeness (QED) is 0.450. The fraction of sp³-hybridized carbons (Fsp3) is 0.481. The van der Waals surface area contributed by atoms with E-state index in [1.165, 1.54) is 36.8 Å². The number of imidazole rings is 1. The Morgan fingerprint density at radius 2 is 1.94 bits per heavy atom. The zero-order valence-electron chi connectivity index (χ0n) is 19.6. The highest BCUT2D eigenvalue weighted by Crippen LogP contribution is 2.31. The topological polar surface area (TPSA) is 56.9 Å². The smallest absolute Gasteiger partial charge is 0.203 e. The van der Waals surface area contributed by atoms with Crippen molar-refractivity contribution in [1.82, 2.24) is 14.5 Å². The number of likely N-dealkylation sites (tertiary alicyclic amines) is 1. The van der Waals surface area contributed by atoms with Crippen LogP contribution >= 0.6 is 0 Å². The second-order valence-corrected chi connectivity index (χ2v) is 9.14. The van der Waals surface area contributed by atoms with Crippen LogP contribution in [0.15, 0.2) is 42.5 Å². The van der Waals surface area contributed by atoms with E-state index in [2.05, 4.69) is 72.1 Å². The zero-order valence-corrected chi connectivity index (χ0v) is 19.6. The molecule has 1 aromatic heterocycles. The minimum atomic E-state index is 0.435. The summed E-state index contributed by atoms with van der Waals surface area (Å²) in [4.78, 5) is 7.45. The molecule has 1 aliphatic heterocycles. The summed E-state index contributed by atoms with van der Waals surface area (Å²) in [6, 6.07) is 17.9. The molecule has 0 saturated carbocycles. The molecule has 0 spiro atoms. The number of aromatic nitrogens is 2. The van der Waals surface area contributed by atoms with Gasteiger partial charge in [-0.1, -0.05) is 50.5 Å². The van der Waals surface area contributed by atoms with E-state index in [1.807, 2.05) is 12.1 Å². The van der Waals surface area contributed by atoms with Gasteiger partial charge in [-0.3, -0.25) is 4.90 Å². The first-order valence-electron chi connectivity index (χ1n) is 12.0. The van der Waals surface area contributed by atoms with E-state index in [-0.39, 0.29) is 0 Å². The molecular formula is C27H35N5. The van der Waals surface area contributed by atoms with Crippen LogP contribution in [-0.2, 0) is 7.05 Å². The predicted octanol–water partition coefficient (Wildman–Crippen LogP) is 5.95. The van der Waals surface area contributed by atoms with Gasteiger partial charge in [0, 0.05) is 32.2 Å². The van der Waals surface area contributed by atoms with E-state index in [4.69, 9.17) is 4.98 Å². The molecule has 0 amide bonds. The third-order valence-corrected chi connectivity index (χ3v) is 6.93. The standard InChI is InChI=1S/C27H35N5/c1-4-5-6-10-25(21-12-13-22(19-28)20(2)18-21)32-16-14-23(15-17-32)29-27-30-24-9-7-8-11-26(24)31(27)3/h7-9,11-13,18,23,25H,4-6,10,14-17H2,1-3H3,(H,29,30). The molecule has 2 aromatic carbocycles. The lowest BCUT2D eigenvalue weighted by atomic mass is 9.93. The maximum atomic E-state index is 9.31. The van der Waals surface area contributed by atoms with E-state index >= 15 is 0 Å². The lowest BCUT2D eigenvalue weighted by molar-refractivity contribution is 0.147. The van der Waals surface area contributed by atoms with Gasteiger partial charge in [-0.15, -0.1) is 0 Å². The van der Waals surface area contributed by atoms with Crippen LogP contribution < -0.4 is 5.32 Å². The summed E-state index contributed by atoms with van der Waals surface area (Å²) < 4.78 is 2.16. The maximum absolute atomic E-state index is 9.31. The zero-order chi connectivity index (χ0) is 22.5. The highest BCUT2D eigenvalue weighted by molar-refractivity contribution is 5.78. The van der Waals surface area contributed by atoms with Crippen LogP contribution in [0.25, 0.3) is 11.0 Å². The molecule has 1 N–H and O–H groups in total. The van der Waals surface area contributed by atoms with Crippen LogP contribution in [0.4, 0.5) is 5.95 Å². The van der Waals surface area contributed by atoms with Crippen LogP contribution in [0.3, 0.4) is 0 Å². The number of unbranched alkanes of at least 4 members (excludes halogenated alkanes) is 2. The van der Waals surface area contributed by atoms with Gasteiger partial charge in [0.05, 0.1) is 22.7 Å². The van der Waals surface area contributed by atoms with Crippen LogP contribution in [0.5, 0.6) is 0 Å². The van der Waals surface area contributed by atoms with Crippen molar-refractivity contribution in [2.24, 2.45) is 7.05 Å². The summed E-state index contributed by atoms with van der Waals surface area (Å²) in [7, 11) is 2.09. The van der Waals surface area contributed by atoms with Crippen molar-refractivity contribution in [3.8, 4) is 6.07 Å². The van der Waals surface area contributed by atoms with Gasteiger partial charge in [-0.2, -0.15) is 5.26 Å². The molecule has 3 aromatic rings. The molecule has 0 bridgehead atoms. The summed E-state index contributed by atoms with van der Waals surface area (Å²) in [5.41, 5.74) is 5.44. The minimum absolute atomic E-state index is 0.435. The minimum Gasteiger partial charge on any atom is -0.353 e. The lowest BCUT2D eigenvalue weighted by Crippen LogP contribution is -2.41. The lowest BCUT2D eigenvalue weighted by Gasteiger charge is -2.38. The fourth-order valence-corrected chi connectivity index (χ4v) is 4.98. The first kappa shape index (κ1) is 22.4. The van der Waals surface area contributed by atoms with Crippen molar-refractivity contribution in [2.45, 2.75) is 64.5 Å². The SMILES string of the molecule is CCCCCC(c1ccc(C#N)c(C)c1)N1CCC(Nc2nc3ccccc3n2C)CC1. The Bertz CT molecular complexity index is 1090. The molecule has 5 nitrogen and oxygen atoms in total. The fourth-order valence-electron chi connectivity index (χ4n) is 4.98. The molecule has 1 unspecified atom stereocenters. The van der Waals surface area contributed by atoms with Crippen molar-refractivity contribution in [1.29, 1.82) is 5.26 Å². The number of benzene rings is 2. The number of aryl methyl sites for hydroxylation is 2. The van der Waals surface area contributed by atoms with E-state index < -0.39 is 0 Å². The van der Waals surface area contributed by atoms with Crippen LogP contribution in [0, 0.1) is 18.3 Å². The third kappa shape index (κ3) is 4.81. The summed E-state index contributed by atoms with van der Waals surface area (Å²) in [6.07, 6.45) is 7.17. The molecule has 5 heteroatoms. The average Bonchev–Trinajstić information content (AvgIpc) is 3.13. The average molecular weight is 430 g/mol. The molecule has 4 rings (SSSR count). The first-order chi connectivity index (χ1) is 15.6. The van der Waals surface area contributed by atoms with Crippen LogP contribution in [-0.4, -0.2) is 33.6 Å². The number of hydrogen-bond acceptors (Lipinski definition) is 4. The van der Waals surface area contributed by atoms with Crippen LogP contribution in [0.2, 0.25) is 0 Å². The molecular weight excluding hydrogens is 394 g/mol. The van der Waals surface area contributed by atoms with E-state index in [0.29, 0.717) is 12.1 Å². The number of hydrogen-bond donors (Lipinski definition) is 1. The number of fused-ring (bicyclic) bond motifs is 1. The Kier molecular flexibility index (Phi) is 7.12. The molecule has 32 heavy (non-hydrogen) atoms. The van der Waals surface area contributed by atoms with Crippen molar-refractivity contribution >= 4 is 17.0 Å². The van der Waals surface area contributed by atoms with Gasteiger partial charge in [-0.25, -0.2) is 4.98 Å². The summed E-state index contributed by atoms with van der Waals surface area (Å²) >= 11 is 0. The number of nitrogens with one attached hydrogen (secondary N) is 1. The molecule has 1 fully saturated rings. The van der Waals surface area contributed by atoms with Gasteiger partial charge >= 0.3 is 0 Å². The third-order valence-electron chi connectivity index (χ3n) is 6.93. The summed E-state index contributed by atoms with van der Waals surface area (Å²) in [5.74, 6) is 0.965. The Balaban J connectivity index is 1.44. The van der Waals surface area contributed by atoms with Gasteiger partial charge in [0.1, 0.15) is 0 Å². The van der Waals surface area contributed by atoms with E-state index in [9.17, 15) is 5.26 Å². The molecule has 0 aliphatic carbocycles. The number of nitriles is 1. The molecule has 1 saturated heterocycles. The van der Waals surface area contributed by atoms with Crippen molar-refractivity contribution in [2.75, 3.05) is 18.4 Å². The second-order valence-electron chi connectivity index (χ2n) is 9.14. The maximum Gasteiger partial charge on any atom is 0.203 e. The van der Waals surface area contributed by atoms with Gasteiger partial charge in [0.25, 0.3) is 0 Å². The van der Waals surface area contributed by atoms with Gasteiger partial charge in [-0.05, 0) is 55.5 Å². The predicted molar refractivity (Wildman–Crippen MR) is 132 cm³/mol. The largest absolute Gasteiger partial charge is 0.353 e. The number of para-hydroxylation sites is 2. The number of rotatable bonds is 8. The number of nitrogens with zero attached hydrogens (tertiary/aromatic N) is 4. The molecule has 2 heterocycles. The van der Waals surface area contributed by atoms with Gasteiger partial charge < -0.3 is 9.88 Å². The molecule has 168 valence electrons. The summed E-state index contributed by atoms with van der Waals surface area (Å²) in [6.45, 7) is 6.48. The van der Waals surface area contributed by atoms with Crippen molar-refractivity contribution in [3.05, 3.63) is 59.2 Å². The van der Waals surface area contributed by atoms with Crippen molar-refractivity contribution < 1.29 is 0 Å². The molecule has 0 radical (unpaired) electrons. The molecule has 1 aliphatic rings.